The van der Waals surface area contributed by atoms with Crippen LogP contribution in [0, 0.1) is 0 Å². The third kappa shape index (κ3) is 3.62. The van der Waals surface area contributed by atoms with E-state index in [2.05, 4.69) is 35.2 Å². The molecule has 1 heterocycles. The summed E-state index contributed by atoms with van der Waals surface area (Å²) in [7, 11) is 0. The van der Waals surface area contributed by atoms with Gasteiger partial charge in [-0.3, -0.25) is 0 Å². The fraction of sp³-hybridized carbons (Fsp3) is 1.00. The van der Waals surface area contributed by atoms with Gasteiger partial charge >= 0.3 is 0 Å². The zero-order valence-electron chi connectivity index (χ0n) is 11.5. The van der Waals surface area contributed by atoms with Crippen molar-refractivity contribution in [3.63, 3.8) is 0 Å². The molecule has 0 aromatic carbocycles. The summed E-state index contributed by atoms with van der Waals surface area (Å²) in [6.07, 6.45) is 10.7. The predicted molar refractivity (Wildman–Crippen MR) is 77.9 cm³/mol. The molecule has 3 heteroatoms. The molecule has 2 rings (SSSR count). The molecule has 1 atom stereocenters. The number of thioether (sulfide) groups is 1. The SMILES string of the molecule is CCCNC1CCN(CC2(SC)CCCC2)C1. The lowest BCUT2D eigenvalue weighted by Gasteiger charge is -2.32. The summed E-state index contributed by atoms with van der Waals surface area (Å²) in [6.45, 7) is 7.36. The zero-order chi connectivity index (χ0) is 12.1. The lowest BCUT2D eigenvalue weighted by atomic mass is 10.1. The van der Waals surface area contributed by atoms with Crippen LogP contribution in [0.1, 0.15) is 45.4 Å². The summed E-state index contributed by atoms with van der Waals surface area (Å²) in [6, 6.07) is 0.759. The first-order chi connectivity index (χ1) is 8.28. The van der Waals surface area contributed by atoms with Crippen LogP contribution < -0.4 is 5.32 Å². The molecular formula is C14H28N2S. The van der Waals surface area contributed by atoms with Crippen molar-refractivity contribution >= 4 is 11.8 Å². The Balaban J connectivity index is 1.76. The van der Waals surface area contributed by atoms with Gasteiger partial charge in [-0.15, -0.1) is 0 Å². The Kier molecular flexibility index (Phi) is 5.19. The lowest BCUT2D eigenvalue weighted by Crippen LogP contribution is -2.39. The summed E-state index contributed by atoms with van der Waals surface area (Å²) in [4.78, 5) is 2.70. The van der Waals surface area contributed by atoms with Crippen molar-refractivity contribution in [1.82, 2.24) is 10.2 Å². The highest BCUT2D eigenvalue weighted by Gasteiger charge is 2.36. The van der Waals surface area contributed by atoms with Crippen molar-refractivity contribution in [3.8, 4) is 0 Å². The number of hydrogen-bond donors (Lipinski definition) is 1. The highest BCUT2D eigenvalue weighted by Crippen LogP contribution is 2.41. The molecule has 1 saturated carbocycles. The minimum atomic E-state index is 0.597. The average Bonchev–Trinajstić information content (AvgIpc) is 2.97. The van der Waals surface area contributed by atoms with Gasteiger partial charge in [0.15, 0.2) is 0 Å². The molecule has 2 fully saturated rings. The normalized spacial score (nSPS) is 28.9. The maximum absolute atomic E-state index is 3.67. The van der Waals surface area contributed by atoms with Crippen LogP contribution >= 0.6 is 11.8 Å². The van der Waals surface area contributed by atoms with Crippen LogP contribution in [-0.4, -0.2) is 48.1 Å². The predicted octanol–water partition coefficient (Wildman–Crippen LogP) is 2.74. The molecule has 0 radical (unpaired) electrons. The van der Waals surface area contributed by atoms with Crippen molar-refractivity contribution in [2.24, 2.45) is 0 Å². The molecule has 1 aliphatic carbocycles. The van der Waals surface area contributed by atoms with E-state index >= 15 is 0 Å². The van der Waals surface area contributed by atoms with Gasteiger partial charge in [0, 0.05) is 23.9 Å². The van der Waals surface area contributed by atoms with E-state index in [1.54, 1.807) is 0 Å². The Morgan fingerprint density at radius 1 is 1.35 bits per heavy atom. The third-order valence-corrected chi connectivity index (χ3v) is 5.82. The first-order valence-electron chi connectivity index (χ1n) is 7.29. The molecule has 1 N–H and O–H groups in total. The van der Waals surface area contributed by atoms with E-state index in [9.17, 15) is 0 Å². The minimum absolute atomic E-state index is 0.597. The van der Waals surface area contributed by atoms with Gasteiger partial charge in [-0.1, -0.05) is 19.8 Å². The fourth-order valence-electron chi connectivity index (χ4n) is 3.34. The number of nitrogens with one attached hydrogen (secondary N) is 1. The first-order valence-corrected chi connectivity index (χ1v) is 8.51. The maximum Gasteiger partial charge on any atom is 0.0284 e. The fourth-order valence-corrected chi connectivity index (χ4v) is 4.35. The molecule has 0 bridgehead atoms. The largest absolute Gasteiger partial charge is 0.313 e. The number of rotatable bonds is 6. The maximum atomic E-state index is 3.67. The van der Waals surface area contributed by atoms with Crippen LogP contribution in [0.4, 0.5) is 0 Å². The van der Waals surface area contributed by atoms with Crippen molar-refractivity contribution in [2.75, 3.05) is 32.4 Å². The van der Waals surface area contributed by atoms with Crippen molar-refractivity contribution in [2.45, 2.75) is 56.2 Å². The minimum Gasteiger partial charge on any atom is -0.313 e. The summed E-state index contributed by atoms with van der Waals surface area (Å²) in [5, 5.41) is 3.67. The van der Waals surface area contributed by atoms with E-state index in [1.807, 2.05) is 0 Å². The van der Waals surface area contributed by atoms with Crippen LogP contribution in [0.3, 0.4) is 0 Å². The van der Waals surface area contributed by atoms with Gasteiger partial charge in [-0.05, 0) is 45.0 Å². The number of likely N-dealkylation sites (tertiary alicyclic amines) is 1. The first kappa shape index (κ1) is 13.7. The molecule has 100 valence electrons. The van der Waals surface area contributed by atoms with Gasteiger partial charge in [-0.2, -0.15) is 11.8 Å². The topological polar surface area (TPSA) is 15.3 Å². The van der Waals surface area contributed by atoms with Gasteiger partial charge in [0.05, 0.1) is 0 Å². The van der Waals surface area contributed by atoms with E-state index < -0.39 is 0 Å². The van der Waals surface area contributed by atoms with Gasteiger partial charge in [0.25, 0.3) is 0 Å². The molecule has 0 amide bonds. The highest BCUT2D eigenvalue weighted by molar-refractivity contribution is 8.00. The zero-order valence-corrected chi connectivity index (χ0v) is 12.3. The summed E-state index contributed by atoms with van der Waals surface area (Å²) in [5.41, 5.74) is 0. The van der Waals surface area contributed by atoms with Crippen LogP contribution in [0.2, 0.25) is 0 Å². The van der Waals surface area contributed by atoms with Crippen LogP contribution in [0.5, 0.6) is 0 Å². The molecule has 17 heavy (non-hydrogen) atoms. The summed E-state index contributed by atoms with van der Waals surface area (Å²) < 4.78 is 0.597. The van der Waals surface area contributed by atoms with Crippen molar-refractivity contribution in [3.05, 3.63) is 0 Å². The quantitative estimate of drug-likeness (QED) is 0.787. The van der Waals surface area contributed by atoms with Gasteiger partial charge in [0.2, 0.25) is 0 Å². The van der Waals surface area contributed by atoms with E-state index in [0.29, 0.717) is 4.75 Å². The van der Waals surface area contributed by atoms with E-state index in [-0.39, 0.29) is 0 Å². The Bertz CT molecular complexity index is 226. The average molecular weight is 256 g/mol. The third-order valence-electron chi connectivity index (χ3n) is 4.41. The number of nitrogens with zero attached hydrogens (tertiary/aromatic N) is 1. The Morgan fingerprint density at radius 2 is 2.12 bits per heavy atom. The molecule has 0 aromatic rings. The summed E-state index contributed by atoms with van der Waals surface area (Å²) in [5.74, 6) is 0. The van der Waals surface area contributed by atoms with Crippen molar-refractivity contribution < 1.29 is 0 Å². The van der Waals surface area contributed by atoms with E-state index in [1.165, 1.54) is 64.7 Å². The molecule has 0 spiro atoms. The molecule has 0 aromatic heterocycles. The smallest absolute Gasteiger partial charge is 0.0284 e. The van der Waals surface area contributed by atoms with E-state index in [0.717, 1.165) is 6.04 Å². The molecule has 2 nitrogen and oxygen atoms in total. The van der Waals surface area contributed by atoms with Crippen LogP contribution in [-0.2, 0) is 0 Å². The number of hydrogen-bond acceptors (Lipinski definition) is 3. The Morgan fingerprint density at radius 3 is 2.76 bits per heavy atom. The summed E-state index contributed by atoms with van der Waals surface area (Å²) >= 11 is 2.12. The standard InChI is InChI=1S/C14H28N2S/c1-3-9-15-13-6-10-16(11-13)12-14(17-2)7-4-5-8-14/h13,15H,3-12H2,1-2H3. The lowest BCUT2D eigenvalue weighted by molar-refractivity contribution is 0.291. The monoisotopic (exact) mass is 256 g/mol. The van der Waals surface area contributed by atoms with Gasteiger partial charge in [0.1, 0.15) is 0 Å². The van der Waals surface area contributed by atoms with Gasteiger partial charge in [-0.25, -0.2) is 0 Å². The van der Waals surface area contributed by atoms with Gasteiger partial charge < -0.3 is 10.2 Å². The Labute approximate surface area is 111 Å². The highest BCUT2D eigenvalue weighted by atomic mass is 32.2. The second-order valence-corrected chi connectivity index (χ2v) is 7.04. The van der Waals surface area contributed by atoms with E-state index in [4.69, 9.17) is 0 Å². The molecule has 1 aliphatic heterocycles. The molecule has 1 unspecified atom stereocenters. The second-order valence-electron chi connectivity index (χ2n) is 5.77. The van der Waals surface area contributed by atoms with Crippen molar-refractivity contribution in [1.29, 1.82) is 0 Å². The molecule has 1 saturated heterocycles. The molecule has 2 aliphatic rings. The van der Waals surface area contributed by atoms with Crippen LogP contribution in [0.15, 0.2) is 0 Å². The molecular weight excluding hydrogens is 228 g/mol. The second kappa shape index (κ2) is 6.44. The Hall–Kier alpha value is 0.270. The van der Waals surface area contributed by atoms with Crippen LogP contribution in [0.25, 0.3) is 0 Å².